The van der Waals surface area contributed by atoms with Gasteiger partial charge in [0, 0.05) is 19.1 Å². The van der Waals surface area contributed by atoms with Crippen LogP contribution in [0.25, 0.3) is 0 Å². The van der Waals surface area contributed by atoms with Crippen LogP contribution >= 0.6 is 0 Å². The van der Waals surface area contributed by atoms with E-state index in [1.807, 2.05) is 6.92 Å². The maximum atomic E-state index is 12.0. The second kappa shape index (κ2) is 5.44. The van der Waals surface area contributed by atoms with E-state index in [9.17, 15) is 8.42 Å². The maximum absolute atomic E-state index is 12.0. The van der Waals surface area contributed by atoms with Crippen molar-refractivity contribution in [2.24, 2.45) is 5.73 Å². The van der Waals surface area contributed by atoms with E-state index < -0.39 is 10.2 Å². The molecular weight excluding hydrogens is 226 g/mol. The van der Waals surface area contributed by atoms with Crippen LogP contribution in [0.4, 0.5) is 0 Å². The van der Waals surface area contributed by atoms with Gasteiger partial charge in [0.15, 0.2) is 0 Å². The molecule has 5 nitrogen and oxygen atoms in total. The van der Waals surface area contributed by atoms with Crippen LogP contribution in [0.2, 0.25) is 0 Å². The van der Waals surface area contributed by atoms with Gasteiger partial charge in [-0.15, -0.1) is 0 Å². The molecule has 0 aliphatic heterocycles. The van der Waals surface area contributed by atoms with E-state index in [0.29, 0.717) is 19.5 Å². The van der Waals surface area contributed by atoms with Crippen LogP contribution in [-0.4, -0.2) is 38.4 Å². The topological polar surface area (TPSA) is 75.4 Å². The number of nitrogens with zero attached hydrogens (tertiary/aromatic N) is 1. The molecule has 1 rings (SSSR count). The predicted octanol–water partition coefficient (Wildman–Crippen LogP) is 0.434. The zero-order valence-corrected chi connectivity index (χ0v) is 11.0. The van der Waals surface area contributed by atoms with Gasteiger partial charge in [-0.2, -0.15) is 17.4 Å². The smallest absolute Gasteiger partial charge is 0.279 e. The summed E-state index contributed by atoms with van der Waals surface area (Å²) in [6.07, 6.45) is 4.75. The van der Waals surface area contributed by atoms with Crippen molar-refractivity contribution in [3.05, 3.63) is 0 Å². The highest BCUT2D eigenvalue weighted by Gasteiger charge is 2.34. The molecular formula is C10H23N3O2S. The van der Waals surface area contributed by atoms with Gasteiger partial charge in [-0.05, 0) is 32.7 Å². The summed E-state index contributed by atoms with van der Waals surface area (Å²) in [6.45, 7) is 2.97. The van der Waals surface area contributed by atoms with Crippen molar-refractivity contribution in [2.75, 3.05) is 20.1 Å². The molecule has 0 radical (unpaired) electrons. The van der Waals surface area contributed by atoms with Crippen LogP contribution in [0.1, 0.15) is 39.0 Å². The van der Waals surface area contributed by atoms with E-state index >= 15 is 0 Å². The number of nitrogens with two attached hydrogens (primary N) is 1. The van der Waals surface area contributed by atoms with Crippen molar-refractivity contribution in [3.8, 4) is 0 Å². The average Bonchev–Trinajstić information content (AvgIpc) is 2.59. The Morgan fingerprint density at radius 2 is 1.94 bits per heavy atom. The van der Waals surface area contributed by atoms with Crippen molar-refractivity contribution in [1.82, 2.24) is 9.03 Å². The summed E-state index contributed by atoms with van der Waals surface area (Å²) in [4.78, 5) is 0. The van der Waals surface area contributed by atoms with E-state index in [1.54, 1.807) is 7.05 Å². The highest BCUT2D eigenvalue weighted by atomic mass is 32.2. The molecule has 0 saturated heterocycles. The quantitative estimate of drug-likeness (QED) is 0.717. The first-order chi connectivity index (χ1) is 7.40. The lowest BCUT2D eigenvalue weighted by Crippen LogP contribution is -2.49. The number of hydrogen-bond acceptors (Lipinski definition) is 3. The van der Waals surface area contributed by atoms with Crippen molar-refractivity contribution in [2.45, 2.75) is 44.6 Å². The second-order valence-corrected chi connectivity index (χ2v) is 6.62. The van der Waals surface area contributed by atoms with Gasteiger partial charge in [-0.3, -0.25) is 0 Å². The minimum Gasteiger partial charge on any atom is -0.330 e. The van der Waals surface area contributed by atoms with E-state index in [0.717, 1.165) is 25.7 Å². The zero-order valence-electron chi connectivity index (χ0n) is 10.2. The first-order valence-electron chi connectivity index (χ1n) is 5.85. The van der Waals surface area contributed by atoms with Crippen LogP contribution in [0.5, 0.6) is 0 Å². The minimum atomic E-state index is -3.35. The lowest BCUT2D eigenvalue weighted by atomic mass is 10.0. The van der Waals surface area contributed by atoms with Crippen LogP contribution in [0.3, 0.4) is 0 Å². The Labute approximate surface area is 98.6 Å². The van der Waals surface area contributed by atoms with Gasteiger partial charge in [0.25, 0.3) is 10.2 Å². The van der Waals surface area contributed by atoms with Gasteiger partial charge in [0.1, 0.15) is 0 Å². The van der Waals surface area contributed by atoms with Crippen molar-refractivity contribution < 1.29 is 8.42 Å². The standard InChI is InChI=1S/C10H23N3O2S/c1-10(6-3-4-7-10)12-16(14,15)13(2)9-5-8-11/h12H,3-9,11H2,1-2H3. The molecule has 3 N–H and O–H groups in total. The Bertz CT molecular complexity index is 310. The molecule has 96 valence electrons. The Morgan fingerprint density at radius 1 is 1.38 bits per heavy atom. The van der Waals surface area contributed by atoms with Gasteiger partial charge in [0.2, 0.25) is 0 Å². The van der Waals surface area contributed by atoms with Crippen LogP contribution in [0.15, 0.2) is 0 Å². The fraction of sp³-hybridized carbons (Fsp3) is 1.00. The summed E-state index contributed by atoms with van der Waals surface area (Å²) < 4.78 is 28.1. The van der Waals surface area contributed by atoms with Crippen molar-refractivity contribution in [1.29, 1.82) is 0 Å². The van der Waals surface area contributed by atoms with Gasteiger partial charge in [-0.1, -0.05) is 12.8 Å². The molecule has 0 aromatic heterocycles. The third-order valence-corrected chi connectivity index (χ3v) is 4.92. The Hall–Kier alpha value is -0.170. The van der Waals surface area contributed by atoms with Crippen molar-refractivity contribution in [3.63, 3.8) is 0 Å². The summed E-state index contributed by atoms with van der Waals surface area (Å²) in [5.41, 5.74) is 5.11. The normalized spacial score (nSPS) is 20.5. The number of hydrogen-bond donors (Lipinski definition) is 2. The molecule has 0 aromatic carbocycles. The Balaban J connectivity index is 2.56. The van der Waals surface area contributed by atoms with E-state index in [4.69, 9.17) is 5.73 Å². The lowest BCUT2D eigenvalue weighted by Gasteiger charge is -2.28. The highest BCUT2D eigenvalue weighted by molar-refractivity contribution is 7.87. The molecule has 1 fully saturated rings. The van der Waals surface area contributed by atoms with Crippen LogP contribution in [-0.2, 0) is 10.2 Å². The largest absolute Gasteiger partial charge is 0.330 e. The van der Waals surface area contributed by atoms with E-state index in [-0.39, 0.29) is 5.54 Å². The van der Waals surface area contributed by atoms with Gasteiger partial charge in [0.05, 0.1) is 0 Å². The monoisotopic (exact) mass is 249 g/mol. The summed E-state index contributed by atoms with van der Waals surface area (Å²) in [5, 5.41) is 0. The molecule has 0 aromatic rings. The Morgan fingerprint density at radius 3 is 2.44 bits per heavy atom. The van der Waals surface area contributed by atoms with Crippen LogP contribution in [0, 0.1) is 0 Å². The molecule has 0 bridgehead atoms. The highest BCUT2D eigenvalue weighted by Crippen LogP contribution is 2.29. The molecule has 0 atom stereocenters. The summed E-state index contributed by atoms with van der Waals surface area (Å²) in [6, 6.07) is 0. The molecule has 0 amide bonds. The minimum absolute atomic E-state index is 0.254. The Kier molecular flexibility index (Phi) is 4.73. The average molecular weight is 249 g/mol. The lowest BCUT2D eigenvalue weighted by molar-refractivity contribution is 0.390. The fourth-order valence-corrected chi connectivity index (χ4v) is 3.43. The number of nitrogens with one attached hydrogen (secondary N) is 1. The van der Waals surface area contributed by atoms with E-state index in [1.165, 1.54) is 4.31 Å². The summed E-state index contributed by atoms with van der Waals surface area (Å²) in [5.74, 6) is 0. The van der Waals surface area contributed by atoms with Gasteiger partial charge < -0.3 is 5.73 Å². The van der Waals surface area contributed by atoms with Gasteiger partial charge >= 0.3 is 0 Å². The first kappa shape index (κ1) is 13.9. The first-order valence-corrected chi connectivity index (χ1v) is 7.29. The van der Waals surface area contributed by atoms with E-state index in [2.05, 4.69) is 4.72 Å². The van der Waals surface area contributed by atoms with Gasteiger partial charge in [-0.25, -0.2) is 0 Å². The maximum Gasteiger partial charge on any atom is 0.279 e. The third-order valence-electron chi connectivity index (χ3n) is 3.17. The van der Waals surface area contributed by atoms with Crippen LogP contribution < -0.4 is 10.5 Å². The predicted molar refractivity (Wildman–Crippen MR) is 65.2 cm³/mol. The van der Waals surface area contributed by atoms with Crippen molar-refractivity contribution >= 4 is 10.2 Å². The molecule has 6 heteroatoms. The third kappa shape index (κ3) is 3.69. The summed E-state index contributed by atoms with van der Waals surface area (Å²) >= 11 is 0. The molecule has 0 heterocycles. The number of rotatable bonds is 6. The molecule has 16 heavy (non-hydrogen) atoms. The molecule has 1 aliphatic carbocycles. The molecule has 1 saturated carbocycles. The zero-order chi connectivity index (χ0) is 12.2. The molecule has 0 spiro atoms. The fourth-order valence-electron chi connectivity index (χ4n) is 2.08. The molecule has 1 aliphatic rings. The summed E-state index contributed by atoms with van der Waals surface area (Å²) in [7, 11) is -1.75. The second-order valence-electron chi connectivity index (χ2n) is 4.84. The molecule has 0 unspecified atom stereocenters. The SMILES string of the molecule is CN(CCCN)S(=O)(=O)NC1(C)CCCC1.